The first-order chi connectivity index (χ1) is 9.06. The molecule has 0 aliphatic carbocycles. The van der Waals surface area contributed by atoms with E-state index in [2.05, 4.69) is 10.6 Å². The van der Waals surface area contributed by atoms with Gasteiger partial charge in [-0.05, 0) is 43.1 Å². The van der Waals surface area contributed by atoms with Crippen LogP contribution in [0, 0.1) is 0 Å². The zero-order valence-corrected chi connectivity index (χ0v) is 12.2. The van der Waals surface area contributed by atoms with E-state index in [1.165, 1.54) is 11.1 Å². The molecule has 0 aromatic heterocycles. The average Bonchev–Trinajstić information content (AvgIpc) is 2.37. The average molecular weight is 280 g/mol. The van der Waals surface area contributed by atoms with Gasteiger partial charge in [0.15, 0.2) is 0 Å². The number of rotatable bonds is 4. The molecule has 1 aliphatic rings. The zero-order chi connectivity index (χ0) is 13.8. The maximum absolute atomic E-state index is 12.1. The molecule has 1 heterocycles. The van der Waals surface area contributed by atoms with E-state index in [9.17, 15) is 9.00 Å². The lowest BCUT2D eigenvalue weighted by molar-refractivity contribution is 0.0943. The molecule has 0 spiro atoms. The standard InChI is InChI=1S/C14H20N2O2S/c1-10(9-19(2)18)16-14(17)12-4-3-11-5-6-15-8-13(11)7-12/h3-4,7,10,15H,5-6,8-9H2,1-2H3,(H,16,17). The molecule has 19 heavy (non-hydrogen) atoms. The number of carbonyl (C=O) groups is 1. The van der Waals surface area contributed by atoms with E-state index in [0.29, 0.717) is 11.3 Å². The highest BCUT2D eigenvalue weighted by Crippen LogP contribution is 2.15. The summed E-state index contributed by atoms with van der Waals surface area (Å²) in [5, 5.41) is 6.18. The maximum atomic E-state index is 12.1. The maximum Gasteiger partial charge on any atom is 0.251 e. The Morgan fingerprint density at radius 3 is 3.00 bits per heavy atom. The molecule has 1 aliphatic heterocycles. The minimum absolute atomic E-state index is 0.0764. The van der Waals surface area contributed by atoms with Crippen molar-refractivity contribution in [2.24, 2.45) is 0 Å². The van der Waals surface area contributed by atoms with Gasteiger partial charge in [-0.1, -0.05) is 6.07 Å². The minimum atomic E-state index is -0.895. The Kier molecular flexibility index (Phi) is 4.71. The smallest absolute Gasteiger partial charge is 0.251 e. The van der Waals surface area contributed by atoms with Crippen LogP contribution in [-0.2, 0) is 23.8 Å². The number of amides is 1. The second kappa shape index (κ2) is 6.30. The molecule has 2 rings (SSSR count). The molecule has 104 valence electrons. The molecule has 1 aromatic carbocycles. The number of carbonyl (C=O) groups excluding carboxylic acids is 1. The summed E-state index contributed by atoms with van der Waals surface area (Å²) in [4.78, 5) is 12.1. The van der Waals surface area contributed by atoms with Crippen molar-refractivity contribution in [3.05, 3.63) is 34.9 Å². The third kappa shape index (κ3) is 3.88. The monoisotopic (exact) mass is 280 g/mol. The highest BCUT2D eigenvalue weighted by molar-refractivity contribution is 7.84. The lowest BCUT2D eigenvalue weighted by Crippen LogP contribution is -2.36. The molecule has 0 saturated heterocycles. The lowest BCUT2D eigenvalue weighted by Gasteiger charge is -2.18. The highest BCUT2D eigenvalue weighted by Gasteiger charge is 2.14. The first kappa shape index (κ1) is 14.2. The Balaban J connectivity index is 2.05. The number of hydrogen-bond donors (Lipinski definition) is 2. The van der Waals surface area contributed by atoms with Crippen molar-refractivity contribution in [2.45, 2.75) is 25.9 Å². The Labute approximate surface area is 116 Å². The third-order valence-electron chi connectivity index (χ3n) is 3.22. The summed E-state index contributed by atoms with van der Waals surface area (Å²) in [7, 11) is -0.895. The highest BCUT2D eigenvalue weighted by atomic mass is 32.2. The van der Waals surface area contributed by atoms with Crippen LogP contribution in [0.15, 0.2) is 18.2 Å². The van der Waals surface area contributed by atoms with Gasteiger partial charge in [0.2, 0.25) is 0 Å². The first-order valence-corrected chi connectivity index (χ1v) is 8.22. The minimum Gasteiger partial charge on any atom is -0.349 e. The summed E-state index contributed by atoms with van der Waals surface area (Å²) in [6.07, 6.45) is 2.66. The van der Waals surface area contributed by atoms with Gasteiger partial charge < -0.3 is 10.6 Å². The van der Waals surface area contributed by atoms with Crippen LogP contribution < -0.4 is 10.6 Å². The van der Waals surface area contributed by atoms with Crippen LogP contribution in [0.25, 0.3) is 0 Å². The molecule has 2 N–H and O–H groups in total. The zero-order valence-electron chi connectivity index (χ0n) is 11.4. The fourth-order valence-electron chi connectivity index (χ4n) is 2.32. The first-order valence-electron chi connectivity index (χ1n) is 6.49. The topological polar surface area (TPSA) is 58.2 Å². The molecule has 4 nitrogen and oxygen atoms in total. The normalized spacial score (nSPS) is 17.4. The van der Waals surface area contributed by atoms with E-state index < -0.39 is 10.8 Å². The molecule has 2 unspecified atom stereocenters. The Morgan fingerprint density at radius 1 is 1.47 bits per heavy atom. The van der Waals surface area contributed by atoms with E-state index in [4.69, 9.17) is 0 Å². The predicted octanol–water partition coefficient (Wildman–Crippen LogP) is 0.829. The molecule has 0 saturated carbocycles. The van der Waals surface area contributed by atoms with Crippen LogP contribution >= 0.6 is 0 Å². The molecule has 1 amide bonds. The molecule has 0 radical (unpaired) electrons. The summed E-state index contributed by atoms with van der Waals surface area (Å²) in [6, 6.07) is 5.78. The van der Waals surface area contributed by atoms with Gasteiger partial charge in [-0.2, -0.15) is 0 Å². The van der Waals surface area contributed by atoms with Crippen LogP contribution in [0.3, 0.4) is 0 Å². The van der Waals surface area contributed by atoms with Crippen LogP contribution in [-0.4, -0.2) is 34.7 Å². The van der Waals surface area contributed by atoms with Crippen LogP contribution in [0.1, 0.15) is 28.4 Å². The van der Waals surface area contributed by atoms with Gasteiger partial charge in [0, 0.05) is 41.0 Å². The van der Waals surface area contributed by atoms with E-state index >= 15 is 0 Å². The van der Waals surface area contributed by atoms with Crippen molar-refractivity contribution in [3.63, 3.8) is 0 Å². The third-order valence-corrected chi connectivity index (χ3v) is 4.19. The molecular weight excluding hydrogens is 260 g/mol. The molecule has 0 fully saturated rings. The van der Waals surface area contributed by atoms with Gasteiger partial charge >= 0.3 is 0 Å². The number of benzene rings is 1. The number of nitrogens with one attached hydrogen (secondary N) is 2. The second-order valence-corrected chi connectivity index (χ2v) is 6.50. The SMILES string of the molecule is CC(CS(C)=O)NC(=O)c1ccc2c(c1)CNCC2. The summed E-state index contributed by atoms with van der Waals surface area (Å²) in [6.45, 7) is 3.70. The summed E-state index contributed by atoms with van der Waals surface area (Å²) < 4.78 is 11.1. The van der Waals surface area contributed by atoms with Gasteiger partial charge in [-0.15, -0.1) is 0 Å². The number of fused-ring (bicyclic) bond motifs is 1. The Bertz CT molecular complexity index is 502. The second-order valence-electron chi connectivity index (χ2n) is 5.02. The summed E-state index contributed by atoms with van der Waals surface area (Å²) in [5.41, 5.74) is 3.19. The fraction of sp³-hybridized carbons (Fsp3) is 0.500. The molecule has 0 bridgehead atoms. The van der Waals surface area contributed by atoms with Gasteiger partial charge in [0.25, 0.3) is 5.91 Å². The van der Waals surface area contributed by atoms with Crippen molar-refractivity contribution in [3.8, 4) is 0 Å². The fourth-order valence-corrected chi connectivity index (χ4v) is 3.11. The molecule has 5 heteroatoms. The Hall–Kier alpha value is -1.20. The van der Waals surface area contributed by atoms with Crippen molar-refractivity contribution in [2.75, 3.05) is 18.6 Å². The van der Waals surface area contributed by atoms with Gasteiger partial charge in [-0.3, -0.25) is 9.00 Å². The van der Waals surface area contributed by atoms with E-state index in [-0.39, 0.29) is 11.9 Å². The van der Waals surface area contributed by atoms with Crippen LogP contribution in [0.4, 0.5) is 0 Å². The molecular formula is C14H20N2O2S. The number of hydrogen-bond acceptors (Lipinski definition) is 3. The summed E-state index contributed by atoms with van der Waals surface area (Å²) >= 11 is 0. The van der Waals surface area contributed by atoms with Crippen molar-refractivity contribution in [1.29, 1.82) is 0 Å². The van der Waals surface area contributed by atoms with Gasteiger partial charge in [0.1, 0.15) is 0 Å². The van der Waals surface area contributed by atoms with Crippen molar-refractivity contribution < 1.29 is 9.00 Å². The van der Waals surface area contributed by atoms with Crippen molar-refractivity contribution in [1.82, 2.24) is 10.6 Å². The van der Waals surface area contributed by atoms with Crippen LogP contribution in [0.2, 0.25) is 0 Å². The van der Waals surface area contributed by atoms with E-state index in [1.807, 2.05) is 25.1 Å². The quantitative estimate of drug-likeness (QED) is 0.859. The van der Waals surface area contributed by atoms with Gasteiger partial charge in [0.05, 0.1) is 0 Å². The molecule has 1 aromatic rings. The van der Waals surface area contributed by atoms with E-state index in [1.54, 1.807) is 6.26 Å². The predicted molar refractivity (Wildman–Crippen MR) is 77.7 cm³/mol. The lowest BCUT2D eigenvalue weighted by atomic mass is 9.98. The summed E-state index contributed by atoms with van der Waals surface area (Å²) in [5.74, 6) is 0.393. The largest absolute Gasteiger partial charge is 0.349 e. The molecule has 2 atom stereocenters. The Morgan fingerprint density at radius 2 is 2.26 bits per heavy atom. The van der Waals surface area contributed by atoms with Crippen LogP contribution in [0.5, 0.6) is 0 Å². The van der Waals surface area contributed by atoms with Crippen molar-refractivity contribution >= 4 is 16.7 Å². The van der Waals surface area contributed by atoms with Gasteiger partial charge in [-0.25, -0.2) is 0 Å². The van der Waals surface area contributed by atoms with E-state index in [0.717, 1.165) is 19.5 Å².